The van der Waals surface area contributed by atoms with Crippen molar-refractivity contribution in [2.75, 3.05) is 5.73 Å². The van der Waals surface area contributed by atoms with E-state index in [4.69, 9.17) is 5.73 Å². The lowest BCUT2D eigenvalue weighted by molar-refractivity contribution is 0.545. The van der Waals surface area contributed by atoms with Crippen LogP contribution in [0.15, 0.2) is 30.5 Å². The molecule has 1 aromatic heterocycles. The van der Waals surface area contributed by atoms with Gasteiger partial charge >= 0.3 is 0 Å². The molecule has 3 nitrogen and oxygen atoms in total. The van der Waals surface area contributed by atoms with Crippen molar-refractivity contribution in [3.8, 4) is 0 Å². The quantitative estimate of drug-likeness (QED) is 0.886. The number of hydrogen-bond donors (Lipinski definition) is 1. The molecule has 0 aliphatic carbocycles. The van der Waals surface area contributed by atoms with E-state index in [-0.39, 0.29) is 11.2 Å². The van der Waals surface area contributed by atoms with E-state index in [0.29, 0.717) is 12.2 Å². The van der Waals surface area contributed by atoms with Crippen molar-refractivity contribution in [1.29, 1.82) is 0 Å². The first-order valence-electron chi connectivity index (χ1n) is 5.94. The average Bonchev–Trinajstić information content (AvgIpc) is 2.59. The Morgan fingerprint density at radius 2 is 2.06 bits per heavy atom. The number of halogens is 1. The van der Waals surface area contributed by atoms with E-state index in [0.717, 1.165) is 11.3 Å². The summed E-state index contributed by atoms with van der Waals surface area (Å²) in [4.78, 5) is 0. The molecule has 0 fully saturated rings. The number of aromatic nitrogens is 2. The van der Waals surface area contributed by atoms with Crippen LogP contribution >= 0.6 is 0 Å². The fourth-order valence-corrected chi connectivity index (χ4v) is 1.92. The minimum absolute atomic E-state index is 0.0860. The molecule has 2 N–H and O–H groups in total. The third-order valence-corrected chi connectivity index (χ3v) is 2.73. The zero-order valence-corrected chi connectivity index (χ0v) is 10.9. The summed E-state index contributed by atoms with van der Waals surface area (Å²) in [6.45, 7) is 6.73. The molecule has 4 heteroatoms. The minimum Gasteiger partial charge on any atom is -0.396 e. The Bertz CT molecular complexity index is 552. The molecule has 1 aromatic carbocycles. The molecule has 0 amide bonds. The van der Waals surface area contributed by atoms with Crippen LogP contribution in [-0.2, 0) is 12.0 Å². The van der Waals surface area contributed by atoms with Crippen molar-refractivity contribution < 1.29 is 4.39 Å². The first kappa shape index (κ1) is 12.6. The molecule has 0 unspecified atom stereocenters. The lowest BCUT2D eigenvalue weighted by Gasteiger charge is -2.15. The Balaban J connectivity index is 2.26. The second kappa shape index (κ2) is 4.44. The highest BCUT2D eigenvalue weighted by Gasteiger charge is 2.20. The topological polar surface area (TPSA) is 43.8 Å². The predicted octanol–water partition coefficient (Wildman–Crippen LogP) is 2.95. The molecule has 0 radical (unpaired) electrons. The smallest absolute Gasteiger partial charge is 0.123 e. The molecule has 2 aromatic rings. The van der Waals surface area contributed by atoms with Gasteiger partial charge in [0, 0.05) is 11.6 Å². The van der Waals surface area contributed by atoms with Crippen molar-refractivity contribution in [3.63, 3.8) is 0 Å². The highest BCUT2D eigenvalue weighted by atomic mass is 19.1. The maximum atomic E-state index is 13.1. The molecular weight excluding hydrogens is 229 g/mol. The van der Waals surface area contributed by atoms with Gasteiger partial charge in [-0.15, -0.1) is 0 Å². The number of anilines is 1. The molecule has 96 valence electrons. The second-order valence-electron chi connectivity index (χ2n) is 5.51. The van der Waals surface area contributed by atoms with Crippen LogP contribution in [0.3, 0.4) is 0 Å². The van der Waals surface area contributed by atoms with Crippen molar-refractivity contribution in [2.24, 2.45) is 0 Å². The van der Waals surface area contributed by atoms with Crippen LogP contribution in [0.2, 0.25) is 0 Å². The number of hydrogen-bond acceptors (Lipinski definition) is 2. The van der Waals surface area contributed by atoms with Gasteiger partial charge in [0.15, 0.2) is 0 Å². The van der Waals surface area contributed by atoms with Crippen molar-refractivity contribution in [3.05, 3.63) is 47.5 Å². The van der Waals surface area contributed by atoms with Crippen LogP contribution in [0.4, 0.5) is 10.1 Å². The fraction of sp³-hybridized carbons (Fsp3) is 0.357. The zero-order valence-electron chi connectivity index (χ0n) is 10.9. The van der Waals surface area contributed by atoms with Gasteiger partial charge in [-0.3, -0.25) is 4.68 Å². The van der Waals surface area contributed by atoms with Gasteiger partial charge in [-0.05, 0) is 17.7 Å². The molecule has 0 saturated heterocycles. The van der Waals surface area contributed by atoms with E-state index >= 15 is 0 Å². The number of nitrogens with two attached hydrogens (primary N) is 1. The van der Waals surface area contributed by atoms with Crippen LogP contribution in [0.5, 0.6) is 0 Å². The third-order valence-electron chi connectivity index (χ3n) is 2.73. The largest absolute Gasteiger partial charge is 0.396 e. The van der Waals surface area contributed by atoms with E-state index in [9.17, 15) is 4.39 Å². The van der Waals surface area contributed by atoms with Crippen molar-refractivity contribution in [2.45, 2.75) is 32.7 Å². The van der Waals surface area contributed by atoms with Gasteiger partial charge in [0.05, 0.1) is 17.9 Å². The van der Waals surface area contributed by atoms with Gasteiger partial charge in [-0.2, -0.15) is 5.10 Å². The van der Waals surface area contributed by atoms with Crippen LogP contribution in [0.25, 0.3) is 0 Å². The zero-order chi connectivity index (χ0) is 13.3. The molecule has 0 saturated carbocycles. The highest BCUT2D eigenvalue weighted by Crippen LogP contribution is 2.26. The Hall–Kier alpha value is -1.84. The summed E-state index contributed by atoms with van der Waals surface area (Å²) in [5, 5.41) is 4.48. The highest BCUT2D eigenvalue weighted by molar-refractivity contribution is 5.44. The van der Waals surface area contributed by atoms with E-state index < -0.39 is 0 Å². The Kier molecular flexibility index (Phi) is 3.11. The normalized spacial score (nSPS) is 11.8. The van der Waals surface area contributed by atoms with Gasteiger partial charge in [0.25, 0.3) is 0 Å². The number of nitrogens with zero attached hydrogens (tertiary/aromatic N) is 2. The Morgan fingerprint density at radius 1 is 1.33 bits per heavy atom. The van der Waals surface area contributed by atoms with Gasteiger partial charge < -0.3 is 5.73 Å². The van der Waals surface area contributed by atoms with Gasteiger partial charge in [-0.25, -0.2) is 4.39 Å². The van der Waals surface area contributed by atoms with Crippen molar-refractivity contribution >= 4 is 5.69 Å². The van der Waals surface area contributed by atoms with E-state index in [1.807, 2.05) is 6.07 Å². The number of rotatable bonds is 2. The number of nitrogen functional groups attached to an aromatic ring is 1. The fourth-order valence-electron chi connectivity index (χ4n) is 1.92. The van der Waals surface area contributed by atoms with Crippen LogP contribution < -0.4 is 5.73 Å². The molecular formula is C14H18FN3. The molecule has 0 bridgehead atoms. The molecule has 0 aliphatic rings. The van der Waals surface area contributed by atoms with E-state index in [2.05, 4.69) is 25.9 Å². The molecule has 0 atom stereocenters. The van der Waals surface area contributed by atoms with Crippen LogP contribution in [-0.4, -0.2) is 9.78 Å². The van der Waals surface area contributed by atoms with Gasteiger partial charge in [0.2, 0.25) is 0 Å². The maximum absolute atomic E-state index is 13.1. The monoisotopic (exact) mass is 247 g/mol. The predicted molar refractivity (Wildman–Crippen MR) is 70.8 cm³/mol. The van der Waals surface area contributed by atoms with Crippen LogP contribution in [0.1, 0.15) is 32.0 Å². The Labute approximate surface area is 106 Å². The second-order valence-corrected chi connectivity index (χ2v) is 5.51. The summed E-state index contributed by atoms with van der Waals surface area (Å²) >= 11 is 0. The minimum atomic E-state index is -0.233. The lowest BCUT2D eigenvalue weighted by atomic mass is 9.92. The summed E-state index contributed by atoms with van der Waals surface area (Å²) in [6, 6.07) is 6.51. The summed E-state index contributed by atoms with van der Waals surface area (Å²) in [6.07, 6.45) is 1.80. The first-order valence-corrected chi connectivity index (χ1v) is 5.94. The number of benzene rings is 1. The van der Waals surface area contributed by atoms with Gasteiger partial charge in [-0.1, -0.05) is 32.9 Å². The maximum Gasteiger partial charge on any atom is 0.123 e. The molecule has 1 heterocycles. The molecule has 0 spiro atoms. The van der Waals surface area contributed by atoms with Crippen LogP contribution in [0, 0.1) is 5.82 Å². The summed E-state index contributed by atoms with van der Waals surface area (Å²) in [5.74, 6) is -0.233. The van der Waals surface area contributed by atoms with E-state index in [1.165, 1.54) is 12.1 Å². The first-order chi connectivity index (χ1) is 8.36. The summed E-state index contributed by atoms with van der Waals surface area (Å²) in [7, 11) is 0. The molecule has 18 heavy (non-hydrogen) atoms. The lowest BCUT2D eigenvalue weighted by Crippen LogP contribution is -2.14. The molecule has 0 aliphatic heterocycles. The Morgan fingerprint density at radius 3 is 2.61 bits per heavy atom. The van der Waals surface area contributed by atoms with E-state index in [1.54, 1.807) is 16.9 Å². The van der Waals surface area contributed by atoms with Gasteiger partial charge in [0.1, 0.15) is 5.82 Å². The van der Waals surface area contributed by atoms with Crippen molar-refractivity contribution in [1.82, 2.24) is 9.78 Å². The SMILES string of the molecule is CC(C)(C)c1nn(Cc2cccc(F)c2)cc1N. The third kappa shape index (κ3) is 2.70. The molecule has 2 rings (SSSR count). The standard InChI is InChI=1S/C14H18FN3/c1-14(2,3)13-12(16)9-18(17-13)8-10-5-4-6-11(15)7-10/h4-7,9H,8,16H2,1-3H3. The average molecular weight is 247 g/mol. The summed E-state index contributed by atoms with van der Waals surface area (Å²) in [5.41, 5.74) is 8.29. The summed E-state index contributed by atoms with van der Waals surface area (Å²) < 4.78 is 14.8.